The molecule has 0 atom stereocenters. The van der Waals surface area contributed by atoms with Crippen molar-refractivity contribution in [2.24, 2.45) is 5.92 Å². The van der Waals surface area contributed by atoms with Gasteiger partial charge < -0.3 is 4.98 Å². The minimum atomic E-state index is 0.0620. The summed E-state index contributed by atoms with van der Waals surface area (Å²) in [5, 5.41) is 1.52. The minimum absolute atomic E-state index is 0.0620. The molecule has 1 saturated carbocycles. The summed E-state index contributed by atoms with van der Waals surface area (Å²) in [6.45, 7) is 2.69. The first kappa shape index (κ1) is 17.4. The van der Waals surface area contributed by atoms with Gasteiger partial charge in [-0.3, -0.25) is 9.36 Å². The van der Waals surface area contributed by atoms with Crippen molar-refractivity contribution in [1.29, 1.82) is 0 Å². The molecule has 1 aromatic carbocycles. The summed E-state index contributed by atoms with van der Waals surface area (Å²) < 4.78 is 1.86. The number of H-pyrrole nitrogens is 1. The van der Waals surface area contributed by atoms with Crippen molar-refractivity contribution in [3.05, 3.63) is 52.6 Å². The number of fused-ring (bicyclic) bond motifs is 2. The van der Waals surface area contributed by atoms with Crippen LogP contribution in [0.5, 0.6) is 0 Å². The van der Waals surface area contributed by atoms with Gasteiger partial charge in [-0.2, -0.15) is 0 Å². The third-order valence-electron chi connectivity index (χ3n) is 5.25. The third kappa shape index (κ3) is 3.17. The number of thioether (sulfide) groups is 1. The lowest BCUT2D eigenvalue weighted by Gasteiger charge is -2.14. The van der Waals surface area contributed by atoms with Gasteiger partial charge >= 0.3 is 0 Å². The first-order valence-corrected chi connectivity index (χ1v) is 10.4. The molecule has 0 unspecified atom stereocenters. The van der Waals surface area contributed by atoms with Gasteiger partial charge in [-0.05, 0) is 30.9 Å². The Kier molecular flexibility index (Phi) is 4.35. The molecule has 28 heavy (non-hydrogen) atoms. The fourth-order valence-corrected chi connectivity index (χ4v) is 4.41. The summed E-state index contributed by atoms with van der Waals surface area (Å²) >= 11 is 1.54. The van der Waals surface area contributed by atoms with Gasteiger partial charge in [-0.25, -0.2) is 19.9 Å². The number of aryl methyl sites for hydroxylation is 1. The molecule has 0 radical (unpaired) electrons. The maximum absolute atomic E-state index is 13.3. The van der Waals surface area contributed by atoms with Crippen LogP contribution < -0.4 is 5.56 Å². The molecule has 8 heteroatoms. The Morgan fingerprint density at radius 2 is 2.14 bits per heavy atom. The van der Waals surface area contributed by atoms with Gasteiger partial charge in [-0.1, -0.05) is 36.7 Å². The largest absolute Gasteiger partial charge is 0.329 e. The average molecular weight is 392 g/mol. The van der Waals surface area contributed by atoms with Crippen LogP contribution in [0.2, 0.25) is 0 Å². The molecule has 0 aliphatic heterocycles. The number of aromatic amines is 1. The van der Waals surface area contributed by atoms with Gasteiger partial charge in [0, 0.05) is 6.54 Å². The van der Waals surface area contributed by atoms with Crippen LogP contribution in [0, 0.1) is 12.8 Å². The molecule has 1 aliphatic carbocycles. The van der Waals surface area contributed by atoms with Gasteiger partial charge in [0.2, 0.25) is 0 Å². The van der Waals surface area contributed by atoms with E-state index in [9.17, 15) is 4.79 Å². The van der Waals surface area contributed by atoms with Crippen LogP contribution >= 0.6 is 11.8 Å². The highest BCUT2D eigenvalue weighted by Crippen LogP contribution is 2.33. The molecular weight excluding hydrogens is 372 g/mol. The Labute approximate surface area is 165 Å². The topological polar surface area (TPSA) is 89.3 Å². The second-order valence-electron chi connectivity index (χ2n) is 7.25. The lowest BCUT2D eigenvalue weighted by atomic mass is 10.1. The standard InChI is InChI=1S/C20H20N6OS/c1-12-3-2-4-14-16(12)20(27)26(8-7-13-5-6-13)15(25-14)9-28-19-17-18(22-10-21-17)23-11-24-19/h2-4,10-11,13H,5-9H2,1H3,(H,21,22,23,24). The first-order valence-electron chi connectivity index (χ1n) is 9.46. The lowest BCUT2D eigenvalue weighted by molar-refractivity contribution is 0.562. The predicted molar refractivity (Wildman–Crippen MR) is 109 cm³/mol. The van der Waals surface area contributed by atoms with E-state index in [0.29, 0.717) is 11.4 Å². The van der Waals surface area contributed by atoms with E-state index in [-0.39, 0.29) is 5.56 Å². The number of aromatic nitrogens is 6. The van der Waals surface area contributed by atoms with Crippen molar-refractivity contribution in [3.63, 3.8) is 0 Å². The van der Waals surface area contributed by atoms with Crippen molar-refractivity contribution < 1.29 is 0 Å². The molecule has 0 spiro atoms. The molecule has 4 aromatic rings. The second-order valence-corrected chi connectivity index (χ2v) is 8.22. The van der Waals surface area contributed by atoms with Crippen LogP contribution in [0.3, 0.4) is 0 Å². The highest BCUT2D eigenvalue weighted by Gasteiger charge is 2.22. The second kappa shape index (κ2) is 7.01. The Hall–Kier alpha value is -2.74. The zero-order valence-electron chi connectivity index (χ0n) is 15.6. The zero-order chi connectivity index (χ0) is 19.1. The zero-order valence-corrected chi connectivity index (χ0v) is 16.4. The van der Waals surface area contributed by atoms with Crippen molar-refractivity contribution in [3.8, 4) is 0 Å². The van der Waals surface area contributed by atoms with Crippen LogP contribution in [-0.2, 0) is 12.3 Å². The number of benzene rings is 1. The smallest absolute Gasteiger partial charge is 0.261 e. The number of imidazole rings is 1. The van der Waals surface area contributed by atoms with E-state index in [0.717, 1.165) is 51.7 Å². The number of hydrogen-bond acceptors (Lipinski definition) is 6. The predicted octanol–water partition coefficient (Wildman–Crippen LogP) is 3.46. The van der Waals surface area contributed by atoms with Crippen molar-refractivity contribution in [2.45, 2.75) is 43.5 Å². The molecule has 1 fully saturated rings. The Morgan fingerprint density at radius 3 is 3.00 bits per heavy atom. The summed E-state index contributed by atoms with van der Waals surface area (Å²) in [6, 6.07) is 5.84. The van der Waals surface area contributed by atoms with E-state index in [1.165, 1.54) is 30.9 Å². The number of nitrogens with one attached hydrogen (secondary N) is 1. The van der Waals surface area contributed by atoms with Gasteiger partial charge in [0.15, 0.2) is 5.65 Å². The van der Waals surface area contributed by atoms with Crippen LogP contribution in [0.25, 0.3) is 22.1 Å². The summed E-state index contributed by atoms with van der Waals surface area (Å²) in [6.07, 6.45) is 6.73. The fourth-order valence-electron chi connectivity index (χ4n) is 3.52. The highest BCUT2D eigenvalue weighted by molar-refractivity contribution is 7.98. The maximum atomic E-state index is 13.3. The summed E-state index contributed by atoms with van der Waals surface area (Å²) in [5.41, 5.74) is 3.26. The molecule has 3 heterocycles. The van der Waals surface area contributed by atoms with Crippen LogP contribution in [0.4, 0.5) is 0 Å². The van der Waals surface area contributed by atoms with Gasteiger partial charge in [-0.15, -0.1) is 0 Å². The van der Waals surface area contributed by atoms with E-state index < -0.39 is 0 Å². The van der Waals surface area contributed by atoms with E-state index >= 15 is 0 Å². The molecule has 142 valence electrons. The average Bonchev–Trinajstić information content (AvgIpc) is 3.39. The maximum Gasteiger partial charge on any atom is 0.261 e. The Bertz CT molecular complexity index is 1230. The lowest BCUT2D eigenvalue weighted by Crippen LogP contribution is -2.26. The van der Waals surface area contributed by atoms with E-state index in [4.69, 9.17) is 4.98 Å². The molecule has 7 nitrogen and oxygen atoms in total. The van der Waals surface area contributed by atoms with Gasteiger partial charge in [0.25, 0.3) is 5.56 Å². The van der Waals surface area contributed by atoms with Crippen LogP contribution in [0.1, 0.15) is 30.7 Å². The quantitative estimate of drug-likeness (QED) is 0.399. The Morgan fingerprint density at radius 1 is 1.25 bits per heavy atom. The van der Waals surface area contributed by atoms with E-state index in [2.05, 4.69) is 19.9 Å². The molecular formula is C20H20N6OS. The van der Waals surface area contributed by atoms with Crippen LogP contribution in [0.15, 0.2) is 40.7 Å². The number of nitrogens with zero attached hydrogens (tertiary/aromatic N) is 5. The summed E-state index contributed by atoms with van der Waals surface area (Å²) in [5.74, 6) is 2.10. The first-order chi connectivity index (χ1) is 13.7. The molecule has 0 saturated heterocycles. The molecule has 0 bridgehead atoms. The van der Waals surface area contributed by atoms with Crippen molar-refractivity contribution in [1.82, 2.24) is 29.5 Å². The molecule has 1 aliphatic rings. The van der Waals surface area contributed by atoms with Crippen molar-refractivity contribution >= 4 is 33.8 Å². The van der Waals surface area contributed by atoms with E-state index in [1.54, 1.807) is 6.33 Å². The van der Waals surface area contributed by atoms with Gasteiger partial charge in [0.05, 0.1) is 23.0 Å². The molecule has 5 rings (SSSR count). The Balaban J connectivity index is 1.54. The molecule has 0 amide bonds. The molecule has 3 aromatic heterocycles. The number of hydrogen-bond donors (Lipinski definition) is 1. The van der Waals surface area contributed by atoms with Crippen LogP contribution in [-0.4, -0.2) is 29.5 Å². The monoisotopic (exact) mass is 392 g/mol. The number of rotatable bonds is 6. The third-order valence-corrected chi connectivity index (χ3v) is 6.23. The SMILES string of the molecule is Cc1cccc2nc(CSc3ncnc4[nH]cnc34)n(CCC3CC3)c(=O)c12. The van der Waals surface area contributed by atoms with Gasteiger partial charge in [0.1, 0.15) is 22.7 Å². The van der Waals surface area contributed by atoms with E-state index in [1.807, 2.05) is 29.7 Å². The minimum Gasteiger partial charge on any atom is -0.329 e. The summed E-state index contributed by atoms with van der Waals surface area (Å²) in [4.78, 5) is 34.0. The fraction of sp³-hybridized carbons (Fsp3) is 0.350. The van der Waals surface area contributed by atoms with Crippen molar-refractivity contribution in [2.75, 3.05) is 0 Å². The highest BCUT2D eigenvalue weighted by atomic mass is 32.2. The molecule has 1 N–H and O–H groups in total. The summed E-state index contributed by atoms with van der Waals surface area (Å²) in [7, 11) is 0. The normalized spacial score (nSPS) is 14.2.